The zero-order chi connectivity index (χ0) is 15.1. The molecule has 1 heterocycles. The normalized spacial score (nSPS) is 20.1. The average molecular weight is 293 g/mol. The Bertz CT molecular complexity index is 408. The van der Waals surface area contributed by atoms with Gasteiger partial charge < -0.3 is 10.1 Å². The predicted octanol–water partition coefficient (Wildman–Crippen LogP) is 3.16. The number of nitrogens with zero attached hydrogens (tertiary/aromatic N) is 2. The van der Waals surface area contributed by atoms with Crippen molar-refractivity contribution in [3.63, 3.8) is 0 Å². The molecule has 1 aromatic heterocycles. The van der Waals surface area contributed by atoms with Crippen LogP contribution in [0.25, 0.3) is 0 Å². The van der Waals surface area contributed by atoms with Crippen molar-refractivity contribution in [2.45, 2.75) is 77.0 Å². The zero-order valence-corrected chi connectivity index (χ0v) is 13.9. The largest absolute Gasteiger partial charge is 0.374 e. The van der Waals surface area contributed by atoms with E-state index in [9.17, 15) is 0 Å². The van der Waals surface area contributed by atoms with E-state index < -0.39 is 0 Å². The van der Waals surface area contributed by atoms with E-state index in [4.69, 9.17) is 4.74 Å². The van der Waals surface area contributed by atoms with Crippen molar-refractivity contribution in [3.8, 4) is 0 Å². The van der Waals surface area contributed by atoms with Gasteiger partial charge in [-0.1, -0.05) is 25.7 Å². The first-order valence-corrected chi connectivity index (χ1v) is 8.56. The maximum absolute atomic E-state index is 6.32. The lowest BCUT2D eigenvalue weighted by Crippen LogP contribution is -2.52. The summed E-state index contributed by atoms with van der Waals surface area (Å²) >= 11 is 0. The fraction of sp³-hybridized carbons (Fsp3) is 0.824. The van der Waals surface area contributed by atoms with E-state index in [0.717, 1.165) is 19.6 Å². The van der Waals surface area contributed by atoms with Gasteiger partial charge in [0.1, 0.15) is 0 Å². The van der Waals surface area contributed by atoms with Gasteiger partial charge >= 0.3 is 0 Å². The van der Waals surface area contributed by atoms with Crippen LogP contribution in [0.5, 0.6) is 0 Å². The first-order valence-electron chi connectivity index (χ1n) is 8.56. The third-order valence-electron chi connectivity index (χ3n) is 4.82. The van der Waals surface area contributed by atoms with Crippen LogP contribution in [0.1, 0.15) is 57.9 Å². The standard InChI is InChI=1S/C17H31N3O/c1-4-20-14-15(13-19-20)12-16(18-3)17(21-5-2)10-8-6-7-9-11-17/h13-14,16,18H,4-12H2,1-3H3. The highest BCUT2D eigenvalue weighted by Crippen LogP contribution is 2.34. The quantitative estimate of drug-likeness (QED) is 0.785. The molecule has 1 N–H and O–H groups in total. The van der Waals surface area contributed by atoms with Crippen LogP contribution in [0.15, 0.2) is 12.4 Å². The molecule has 1 atom stereocenters. The maximum Gasteiger partial charge on any atom is 0.0837 e. The monoisotopic (exact) mass is 293 g/mol. The highest BCUT2D eigenvalue weighted by molar-refractivity contribution is 5.10. The molecule has 0 aromatic carbocycles. The Labute approximate surface area is 129 Å². The molecule has 1 aliphatic rings. The number of rotatable bonds is 7. The third kappa shape index (κ3) is 4.07. The molecule has 21 heavy (non-hydrogen) atoms. The molecule has 0 spiro atoms. The number of likely N-dealkylation sites (N-methyl/N-ethyl adjacent to an activating group) is 1. The van der Waals surface area contributed by atoms with Crippen LogP contribution in [0.3, 0.4) is 0 Å². The Balaban J connectivity index is 2.14. The molecule has 1 aliphatic carbocycles. The van der Waals surface area contributed by atoms with Gasteiger partial charge in [-0.15, -0.1) is 0 Å². The Hall–Kier alpha value is -0.870. The fourth-order valence-corrected chi connectivity index (χ4v) is 3.68. The zero-order valence-electron chi connectivity index (χ0n) is 13.9. The molecule has 0 amide bonds. The van der Waals surface area contributed by atoms with E-state index >= 15 is 0 Å². The first-order chi connectivity index (χ1) is 10.2. The summed E-state index contributed by atoms with van der Waals surface area (Å²) in [4.78, 5) is 0. The van der Waals surface area contributed by atoms with Crippen molar-refractivity contribution in [1.82, 2.24) is 15.1 Å². The van der Waals surface area contributed by atoms with Crippen LogP contribution in [0.2, 0.25) is 0 Å². The summed E-state index contributed by atoms with van der Waals surface area (Å²) in [5.41, 5.74) is 1.30. The fourth-order valence-electron chi connectivity index (χ4n) is 3.68. The lowest BCUT2D eigenvalue weighted by atomic mass is 9.83. The van der Waals surface area contributed by atoms with Crippen LogP contribution in [0, 0.1) is 0 Å². The molecule has 4 heteroatoms. The Morgan fingerprint density at radius 1 is 1.29 bits per heavy atom. The van der Waals surface area contributed by atoms with E-state index in [1.165, 1.54) is 44.1 Å². The predicted molar refractivity (Wildman–Crippen MR) is 86.5 cm³/mol. The molecule has 1 saturated carbocycles. The van der Waals surface area contributed by atoms with E-state index in [0.29, 0.717) is 6.04 Å². The molecule has 0 saturated heterocycles. The molecule has 2 rings (SSSR count). The van der Waals surface area contributed by atoms with E-state index in [2.05, 4.69) is 37.5 Å². The number of aromatic nitrogens is 2. The molecule has 0 aliphatic heterocycles. The number of hydrogen-bond donors (Lipinski definition) is 1. The lowest BCUT2D eigenvalue weighted by Gasteiger charge is -2.40. The maximum atomic E-state index is 6.32. The minimum Gasteiger partial charge on any atom is -0.374 e. The van der Waals surface area contributed by atoms with E-state index in [1.54, 1.807) is 0 Å². The minimum absolute atomic E-state index is 0.00564. The van der Waals surface area contributed by atoms with Crippen LogP contribution < -0.4 is 5.32 Å². The Kier molecular flexibility index (Phi) is 6.24. The summed E-state index contributed by atoms with van der Waals surface area (Å²) in [5.74, 6) is 0. The van der Waals surface area contributed by atoms with Gasteiger partial charge in [-0.05, 0) is 45.7 Å². The summed E-state index contributed by atoms with van der Waals surface area (Å²) < 4.78 is 8.32. The lowest BCUT2D eigenvalue weighted by molar-refractivity contribution is -0.0752. The molecule has 120 valence electrons. The van der Waals surface area contributed by atoms with Crippen molar-refractivity contribution in [1.29, 1.82) is 0 Å². The van der Waals surface area contributed by atoms with Gasteiger partial charge in [-0.25, -0.2) is 0 Å². The van der Waals surface area contributed by atoms with Gasteiger partial charge in [-0.3, -0.25) is 4.68 Å². The van der Waals surface area contributed by atoms with Gasteiger partial charge in [0, 0.05) is 25.4 Å². The van der Waals surface area contributed by atoms with Gasteiger partial charge in [-0.2, -0.15) is 5.10 Å². The summed E-state index contributed by atoms with van der Waals surface area (Å²) in [7, 11) is 2.07. The van der Waals surface area contributed by atoms with Gasteiger partial charge in [0.15, 0.2) is 0 Å². The number of ether oxygens (including phenoxy) is 1. The number of nitrogens with one attached hydrogen (secondary N) is 1. The second-order valence-electron chi connectivity index (χ2n) is 6.16. The SMILES string of the molecule is CCOC1(C(Cc2cnn(CC)c2)NC)CCCCCC1. The van der Waals surface area contributed by atoms with Crippen molar-refractivity contribution < 1.29 is 4.74 Å². The van der Waals surface area contributed by atoms with Crippen molar-refractivity contribution in [2.24, 2.45) is 0 Å². The molecule has 0 bridgehead atoms. The van der Waals surface area contributed by atoms with Crippen LogP contribution in [-0.4, -0.2) is 35.1 Å². The summed E-state index contributed by atoms with van der Waals surface area (Å²) in [6.45, 7) is 5.97. The van der Waals surface area contributed by atoms with Gasteiger partial charge in [0.25, 0.3) is 0 Å². The van der Waals surface area contributed by atoms with Crippen LogP contribution in [0.4, 0.5) is 0 Å². The molecular weight excluding hydrogens is 262 g/mol. The molecule has 1 aromatic rings. The Morgan fingerprint density at radius 2 is 2.00 bits per heavy atom. The Morgan fingerprint density at radius 3 is 2.52 bits per heavy atom. The smallest absolute Gasteiger partial charge is 0.0837 e. The second kappa shape index (κ2) is 7.95. The molecule has 0 radical (unpaired) electrons. The first kappa shape index (κ1) is 16.5. The van der Waals surface area contributed by atoms with Gasteiger partial charge in [0.2, 0.25) is 0 Å². The number of aryl methyl sites for hydroxylation is 1. The van der Waals surface area contributed by atoms with Gasteiger partial charge in [0.05, 0.1) is 11.8 Å². The van der Waals surface area contributed by atoms with Crippen molar-refractivity contribution >= 4 is 0 Å². The van der Waals surface area contributed by atoms with Crippen molar-refractivity contribution in [3.05, 3.63) is 18.0 Å². The highest BCUT2D eigenvalue weighted by atomic mass is 16.5. The topological polar surface area (TPSA) is 39.1 Å². The summed E-state index contributed by atoms with van der Waals surface area (Å²) in [6, 6.07) is 0.366. The molecule has 4 nitrogen and oxygen atoms in total. The molecule has 1 fully saturated rings. The van der Waals surface area contributed by atoms with Crippen LogP contribution in [-0.2, 0) is 17.7 Å². The van der Waals surface area contributed by atoms with Crippen LogP contribution >= 0.6 is 0 Å². The summed E-state index contributed by atoms with van der Waals surface area (Å²) in [5, 5.41) is 7.94. The van der Waals surface area contributed by atoms with E-state index in [-0.39, 0.29) is 5.60 Å². The average Bonchev–Trinajstić information content (AvgIpc) is 2.83. The third-order valence-corrected chi connectivity index (χ3v) is 4.82. The molecule has 1 unspecified atom stereocenters. The number of hydrogen-bond acceptors (Lipinski definition) is 3. The summed E-state index contributed by atoms with van der Waals surface area (Å²) in [6.07, 6.45) is 12.8. The van der Waals surface area contributed by atoms with Crippen molar-refractivity contribution in [2.75, 3.05) is 13.7 Å². The highest BCUT2D eigenvalue weighted by Gasteiger charge is 2.39. The van der Waals surface area contributed by atoms with E-state index in [1.807, 2.05) is 10.9 Å². The molecular formula is C17H31N3O. The minimum atomic E-state index is -0.00564. The second-order valence-corrected chi connectivity index (χ2v) is 6.16.